The summed E-state index contributed by atoms with van der Waals surface area (Å²) in [6.07, 6.45) is 1.48. The Morgan fingerprint density at radius 1 is 0.971 bits per heavy atom. The topological polar surface area (TPSA) is 155 Å². The molecule has 2 aromatic carbocycles. The molecule has 0 aliphatic heterocycles. The van der Waals surface area contributed by atoms with Gasteiger partial charge in [-0.2, -0.15) is 5.10 Å². The van der Waals surface area contributed by atoms with E-state index < -0.39 is 21.8 Å². The van der Waals surface area contributed by atoms with Gasteiger partial charge in [-0.1, -0.05) is 6.07 Å². The second-order valence-electron chi connectivity index (χ2n) is 6.91. The first-order chi connectivity index (χ1) is 16.4. The van der Waals surface area contributed by atoms with Gasteiger partial charge in [0, 0.05) is 17.3 Å². The molecule has 2 aromatic heterocycles. The number of sulfonamides is 1. The van der Waals surface area contributed by atoms with Crippen LogP contribution in [-0.2, 0) is 10.0 Å². The lowest BCUT2D eigenvalue weighted by molar-refractivity contribution is 0.0844. The Kier molecular flexibility index (Phi) is 6.32. The number of amides is 2. The van der Waals surface area contributed by atoms with Crippen molar-refractivity contribution in [3.63, 3.8) is 0 Å². The maximum atomic E-state index is 12.7. The quantitative estimate of drug-likeness (QED) is 0.296. The van der Waals surface area contributed by atoms with Gasteiger partial charge in [0.15, 0.2) is 11.5 Å². The standard InChI is InChI=1S/C22H19N5O6S/c1-32-16-9-7-15(8-10-16)27-34(30,31)17-5-2-4-14(12-17)21(28)25-26-22(29)19-13-18(23-24-19)20-6-3-11-33-20/h2-13,27H,1H3,(H,23,24)(H,25,28)(H,26,29). The maximum absolute atomic E-state index is 12.7. The van der Waals surface area contributed by atoms with Crippen LogP contribution in [0, 0.1) is 0 Å². The summed E-state index contributed by atoms with van der Waals surface area (Å²) in [5.41, 5.74) is 5.34. The molecule has 2 heterocycles. The molecule has 4 aromatic rings. The molecule has 4 rings (SSSR count). The Morgan fingerprint density at radius 2 is 1.74 bits per heavy atom. The lowest BCUT2D eigenvalue weighted by Crippen LogP contribution is -2.41. The van der Waals surface area contributed by atoms with Gasteiger partial charge in [0.2, 0.25) is 0 Å². The zero-order valence-electron chi connectivity index (χ0n) is 17.7. The van der Waals surface area contributed by atoms with Crippen LogP contribution in [0.25, 0.3) is 11.5 Å². The Balaban J connectivity index is 1.40. The summed E-state index contributed by atoms with van der Waals surface area (Å²) < 4.78 is 38.1. The average Bonchev–Trinajstić information content (AvgIpc) is 3.55. The molecule has 2 amide bonds. The van der Waals surface area contributed by atoms with Gasteiger partial charge < -0.3 is 9.15 Å². The fourth-order valence-electron chi connectivity index (χ4n) is 2.92. The van der Waals surface area contributed by atoms with Crippen LogP contribution < -0.4 is 20.3 Å². The largest absolute Gasteiger partial charge is 0.497 e. The third-order valence-corrected chi connectivity index (χ3v) is 6.01. The van der Waals surface area contributed by atoms with Gasteiger partial charge in [-0.15, -0.1) is 0 Å². The van der Waals surface area contributed by atoms with Crippen LogP contribution in [0.3, 0.4) is 0 Å². The Hall–Kier alpha value is -4.58. The zero-order chi connectivity index (χ0) is 24.1. The molecular weight excluding hydrogens is 462 g/mol. The van der Waals surface area contributed by atoms with Gasteiger partial charge in [0.1, 0.15) is 11.4 Å². The number of furan rings is 1. The van der Waals surface area contributed by atoms with E-state index in [2.05, 4.69) is 25.8 Å². The second-order valence-corrected chi connectivity index (χ2v) is 8.60. The molecule has 12 heteroatoms. The molecule has 11 nitrogen and oxygen atoms in total. The Bertz CT molecular complexity index is 1410. The van der Waals surface area contributed by atoms with E-state index in [0.717, 1.165) is 0 Å². The number of benzene rings is 2. The predicted octanol–water partition coefficient (Wildman–Crippen LogP) is 2.55. The van der Waals surface area contributed by atoms with Crippen molar-refractivity contribution in [1.29, 1.82) is 0 Å². The molecule has 174 valence electrons. The Morgan fingerprint density at radius 3 is 2.44 bits per heavy atom. The average molecular weight is 481 g/mol. The zero-order valence-corrected chi connectivity index (χ0v) is 18.5. The van der Waals surface area contributed by atoms with Crippen molar-refractivity contribution in [3.05, 3.63) is 84.3 Å². The van der Waals surface area contributed by atoms with Crippen molar-refractivity contribution < 1.29 is 27.2 Å². The number of aromatic amines is 1. The highest BCUT2D eigenvalue weighted by molar-refractivity contribution is 7.92. The first kappa shape index (κ1) is 22.6. The van der Waals surface area contributed by atoms with Crippen LogP contribution in [0.15, 0.2) is 82.3 Å². The fraction of sp³-hybridized carbons (Fsp3) is 0.0455. The van der Waals surface area contributed by atoms with Crippen LogP contribution in [0.5, 0.6) is 5.75 Å². The van der Waals surface area contributed by atoms with Gasteiger partial charge in [0.05, 0.1) is 18.3 Å². The lowest BCUT2D eigenvalue weighted by Gasteiger charge is -2.10. The van der Waals surface area contributed by atoms with Crippen LogP contribution in [-0.4, -0.2) is 37.5 Å². The number of carbonyl (C=O) groups is 2. The van der Waals surface area contributed by atoms with Crippen LogP contribution >= 0.6 is 0 Å². The molecule has 34 heavy (non-hydrogen) atoms. The van der Waals surface area contributed by atoms with Gasteiger partial charge >= 0.3 is 0 Å². The SMILES string of the molecule is COc1ccc(NS(=O)(=O)c2cccc(C(=O)NNC(=O)c3cc(-c4ccco4)[nH]n3)c2)cc1. The number of nitrogens with one attached hydrogen (secondary N) is 4. The van der Waals surface area contributed by atoms with Crippen molar-refractivity contribution in [2.45, 2.75) is 4.90 Å². The molecule has 0 aliphatic carbocycles. The highest BCUT2D eigenvalue weighted by Gasteiger charge is 2.18. The summed E-state index contributed by atoms with van der Waals surface area (Å²) in [5, 5.41) is 6.54. The number of hydrogen-bond donors (Lipinski definition) is 4. The number of anilines is 1. The van der Waals surface area contributed by atoms with Gasteiger partial charge in [-0.3, -0.25) is 30.3 Å². The highest BCUT2D eigenvalue weighted by Crippen LogP contribution is 2.20. The lowest BCUT2D eigenvalue weighted by atomic mass is 10.2. The van der Waals surface area contributed by atoms with Crippen LogP contribution in [0.4, 0.5) is 5.69 Å². The summed E-state index contributed by atoms with van der Waals surface area (Å²) >= 11 is 0. The van der Waals surface area contributed by atoms with E-state index in [1.54, 1.807) is 36.4 Å². The molecule has 0 atom stereocenters. The second kappa shape index (κ2) is 9.50. The van der Waals surface area contributed by atoms with Crippen molar-refractivity contribution in [1.82, 2.24) is 21.0 Å². The van der Waals surface area contributed by atoms with Crippen molar-refractivity contribution in [3.8, 4) is 17.2 Å². The highest BCUT2D eigenvalue weighted by atomic mass is 32.2. The molecule has 0 spiro atoms. The number of hydrazine groups is 1. The number of carbonyl (C=O) groups excluding carboxylic acids is 2. The van der Waals surface area contributed by atoms with Gasteiger partial charge in [-0.05, 0) is 54.6 Å². The predicted molar refractivity (Wildman–Crippen MR) is 121 cm³/mol. The van der Waals surface area contributed by atoms with E-state index in [-0.39, 0.29) is 16.2 Å². The van der Waals surface area contributed by atoms with Gasteiger partial charge in [0.25, 0.3) is 21.8 Å². The van der Waals surface area contributed by atoms with E-state index in [0.29, 0.717) is 22.9 Å². The maximum Gasteiger partial charge on any atom is 0.290 e. The minimum atomic E-state index is -3.96. The number of H-pyrrole nitrogens is 1. The molecular formula is C22H19N5O6S. The van der Waals surface area contributed by atoms with Gasteiger partial charge in [-0.25, -0.2) is 8.42 Å². The van der Waals surface area contributed by atoms with E-state index in [4.69, 9.17) is 9.15 Å². The summed E-state index contributed by atoms with van der Waals surface area (Å²) in [4.78, 5) is 24.6. The van der Waals surface area contributed by atoms with Crippen molar-refractivity contribution >= 4 is 27.5 Å². The smallest absolute Gasteiger partial charge is 0.290 e. The summed E-state index contributed by atoms with van der Waals surface area (Å²) in [5.74, 6) is -0.309. The molecule has 0 radical (unpaired) electrons. The number of rotatable bonds is 7. The van der Waals surface area contributed by atoms with E-state index in [1.807, 2.05) is 0 Å². The molecule has 0 unspecified atom stereocenters. The fourth-order valence-corrected chi connectivity index (χ4v) is 4.03. The molecule has 0 bridgehead atoms. The Labute approximate surface area is 194 Å². The minimum Gasteiger partial charge on any atom is -0.497 e. The first-order valence-electron chi connectivity index (χ1n) is 9.82. The van der Waals surface area contributed by atoms with E-state index in [9.17, 15) is 18.0 Å². The normalized spacial score (nSPS) is 11.0. The first-order valence-corrected chi connectivity index (χ1v) is 11.3. The van der Waals surface area contributed by atoms with Crippen LogP contribution in [0.2, 0.25) is 0 Å². The monoisotopic (exact) mass is 481 g/mol. The summed E-state index contributed by atoms with van der Waals surface area (Å²) in [6, 6.07) is 16.5. The number of hydrogen-bond acceptors (Lipinski definition) is 7. The van der Waals surface area contributed by atoms with Crippen molar-refractivity contribution in [2.75, 3.05) is 11.8 Å². The molecule has 0 saturated heterocycles. The van der Waals surface area contributed by atoms with E-state index in [1.165, 1.54) is 43.7 Å². The summed E-state index contributed by atoms with van der Waals surface area (Å²) in [6.45, 7) is 0. The van der Waals surface area contributed by atoms with Crippen molar-refractivity contribution in [2.24, 2.45) is 0 Å². The van der Waals surface area contributed by atoms with E-state index >= 15 is 0 Å². The summed E-state index contributed by atoms with van der Waals surface area (Å²) in [7, 11) is -2.46. The minimum absolute atomic E-state index is 0.0201. The van der Waals surface area contributed by atoms with Crippen LogP contribution in [0.1, 0.15) is 20.8 Å². The molecule has 0 aliphatic rings. The number of aromatic nitrogens is 2. The molecule has 4 N–H and O–H groups in total. The number of nitrogens with zero attached hydrogens (tertiary/aromatic N) is 1. The number of methoxy groups -OCH3 is 1. The third-order valence-electron chi connectivity index (χ3n) is 4.64. The molecule has 0 saturated carbocycles. The third kappa shape index (κ3) is 5.07. The molecule has 0 fully saturated rings. The number of ether oxygens (including phenoxy) is 1.